The standard InChI is InChI=1S/C19H19ClN4O2S/c1-13-22-23-19(24(13)16-6-8-17(26-2)9-7-16)27-12-18(25)21-11-14-4-3-5-15(20)10-14/h3-10H,11-12H2,1-2H3,(H,21,25). The number of aryl methyl sites for hydroxylation is 1. The fraction of sp³-hybridized carbons (Fsp3) is 0.211. The molecule has 0 unspecified atom stereocenters. The molecule has 1 aromatic heterocycles. The number of benzene rings is 2. The summed E-state index contributed by atoms with van der Waals surface area (Å²) in [4.78, 5) is 12.2. The molecule has 0 bridgehead atoms. The third-order valence-electron chi connectivity index (χ3n) is 3.84. The number of nitrogens with zero attached hydrogens (tertiary/aromatic N) is 3. The van der Waals surface area contributed by atoms with Crippen molar-refractivity contribution in [3.05, 3.63) is 64.9 Å². The molecule has 6 nitrogen and oxygen atoms in total. The van der Waals surface area contributed by atoms with Crippen LogP contribution in [0.3, 0.4) is 0 Å². The van der Waals surface area contributed by atoms with Crippen molar-refractivity contribution < 1.29 is 9.53 Å². The first-order valence-electron chi connectivity index (χ1n) is 8.27. The zero-order chi connectivity index (χ0) is 19.2. The molecule has 0 radical (unpaired) electrons. The van der Waals surface area contributed by atoms with Crippen molar-refractivity contribution in [2.24, 2.45) is 0 Å². The molecule has 140 valence electrons. The molecule has 0 aliphatic heterocycles. The summed E-state index contributed by atoms with van der Waals surface area (Å²) in [6, 6.07) is 15.0. The van der Waals surface area contributed by atoms with E-state index < -0.39 is 0 Å². The number of amides is 1. The lowest BCUT2D eigenvalue weighted by Crippen LogP contribution is -2.24. The van der Waals surface area contributed by atoms with Crippen LogP contribution in [-0.4, -0.2) is 33.5 Å². The van der Waals surface area contributed by atoms with Crippen LogP contribution in [0.1, 0.15) is 11.4 Å². The van der Waals surface area contributed by atoms with E-state index in [9.17, 15) is 4.79 Å². The number of carbonyl (C=O) groups excluding carboxylic acids is 1. The smallest absolute Gasteiger partial charge is 0.230 e. The van der Waals surface area contributed by atoms with Gasteiger partial charge in [0.05, 0.1) is 12.9 Å². The Morgan fingerprint density at radius 1 is 1.22 bits per heavy atom. The van der Waals surface area contributed by atoms with E-state index in [1.807, 2.05) is 54.0 Å². The second-order valence-electron chi connectivity index (χ2n) is 5.76. The number of rotatable bonds is 7. The maximum atomic E-state index is 12.2. The number of thioether (sulfide) groups is 1. The van der Waals surface area contributed by atoms with Crippen LogP contribution in [0.15, 0.2) is 53.7 Å². The molecule has 1 heterocycles. The SMILES string of the molecule is COc1ccc(-n2c(C)nnc2SCC(=O)NCc2cccc(Cl)c2)cc1. The van der Waals surface area contributed by atoms with Gasteiger partial charge in [0.25, 0.3) is 0 Å². The second kappa shape index (κ2) is 8.92. The average Bonchev–Trinajstić information content (AvgIpc) is 3.05. The zero-order valence-corrected chi connectivity index (χ0v) is 16.5. The Kier molecular flexibility index (Phi) is 6.36. The van der Waals surface area contributed by atoms with Gasteiger partial charge in [0.1, 0.15) is 11.6 Å². The van der Waals surface area contributed by atoms with Gasteiger partial charge < -0.3 is 10.1 Å². The fourth-order valence-corrected chi connectivity index (χ4v) is 3.53. The molecule has 2 aromatic carbocycles. The number of nitrogens with one attached hydrogen (secondary N) is 1. The Morgan fingerprint density at radius 2 is 2.00 bits per heavy atom. The lowest BCUT2D eigenvalue weighted by atomic mass is 10.2. The quantitative estimate of drug-likeness (QED) is 0.611. The molecular weight excluding hydrogens is 384 g/mol. The van der Waals surface area contributed by atoms with Crippen LogP contribution in [-0.2, 0) is 11.3 Å². The van der Waals surface area contributed by atoms with Gasteiger partial charge >= 0.3 is 0 Å². The van der Waals surface area contributed by atoms with E-state index in [0.717, 1.165) is 22.8 Å². The first-order chi connectivity index (χ1) is 13.1. The van der Waals surface area contributed by atoms with E-state index in [4.69, 9.17) is 16.3 Å². The number of aromatic nitrogens is 3. The van der Waals surface area contributed by atoms with E-state index in [-0.39, 0.29) is 11.7 Å². The number of halogens is 1. The third kappa shape index (κ3) is 5.02. The highest BCUT2D eigenvalue weighted by atomic mass is 35.5. The normalized spacial score (nSPS) is 10.6. The Balaban J connectivity index is 1.61. The van der Waals surface area contributed by atoms with Gasteiger partial charge in [-0.15, -0.1) is 10.2 Å². The van der Waals surface area contributed by atoms with Crippen LogP contribution >= 0.6 is 23.4 Å². The topological polar surface area (TPSA) is 69.0 Å². The predicted octanol–water partition coefficient (Wildman–Crippen LogP) is 3.65. The monoisotopic (exact) mass is 402 g/mol. The minimum absolute atomic E-state index is 0.0816. The zero-order valence-electron chi connectivity index (χ0n) is 15.0. The Labute approximate surface area is 166 Å². The van der Waals surface area contributed by atoms with Crippen molar-refractivity contribution in [3.8, 4) is 11.4 Å². The molecular formula is C19H19ClN4O2S. The summed E-state index contributed by atoms with van der Waals surface area (Å²) in [6.07, 6.45) is 0. The summed E-state index contributed by atoms with van der Waals surface area (Å²) >= 11 is 7.29. The van der Waals surface area contributed by atoms with Crippen LogP contribution < -0.4 is 10.1 Å². The van der Waals surface area contributed by atoms with Gasteiger partial charge in [-0.25, -0.2) is 0 Å². The van der Waals surface area contributed by atoms with Crippen LogP contribution in [0.4, 0.5) is 0 Å². The average molecular weight is 403 g/mol. The minimum atomic E-state index is -0.0816. The second-order valence-corrected chi connectivity index (χ2v) is 7.14. The lowest BCUT2D eigenvalue weighted by molar-refractivity contribution is -0.118. The van der Waals surface area contributed by atoms with Crippen LogP contribution in [0, 0.1) is 6.92 Å². The van der Waals surface area contributed by atoms with E-state index in [1.54, 1.807) is 13.2 Å². The molecule has 0 aliphatic rings. The van der Waals surface area contributed by atoms with Crippen LogP contribution in [0.25, 0.3) is 5.69 Å². The van der Waals surface area contributed by atoms with Crippen molar-refractivity contribution in [2.45, 2.75) is 18.6 Å². The number of hydrogen-bond donors (Lipinski definition) is 1. The predicted molar refractivity (Wildman–Crippen MR) is 107 cm³/mol. The van der Waals surface area contributed by atoms with Crippen molar-refractivity contribution in [1.82, 2.24) is 20.1 Å². The first-order valence-corrected chi connectivity index (χ1v) is 9.63. The summed E-state index contributed by atoms with van der Waals surface area (Å²) in [6.45, 7) is 2.31. The fourth-order valence-electron chi connectivity index (χ4n) is 2.49. The summed E-state index contributed by atoms with van der Waals surface area (Å²) in [7, 11) is 1.63. The van der Waals surface area contributed by atoms with Gasteiger partial charge in [-0.05, 0) is 48.9 Å². The lowest BCUT2D eigenvalue weighted by Gasteiger charge is -2.09. The molecule has 0 saturated carbocycles. The van der Waals surface area contributed by atoms with Crippen LogP contribution in [0.2, 0.25) is 5.02 Å². The Morgan fingerprint density at radius 3 is 2.70 bits per heavy atom. The van der Waals surface area contributed by atoms with E-state index >= 15 is 0 Å². The minimum Gasteiger partial charge on any atom is -0.497 e. The molecule has 3 rings (SSSR count). The highest BCUT2D eigenvalue weighted by molar-refractivity contribution is 7.99. The molecule has 1 amide bonds. The van der Waals surface area contributed by atoms with Crippen molar-refractivity contribution >= 4 is 29.3 Å². The summed E-state index contributed by atoms with van der Waals surface area (Å²) in [5.74, 6) is 1.69. The highest BCUT2D eigenvalue weighted by Gasteiger charge is 2.13. The molecule has 3 aromatic rings. The molecule has 0 atom stereocenters. The number of methoxy groups -OCH3 is 1. The Hall–Kier alpha value is -2.51. The maximum absolute atomic E-state index is 12.2. The summed E-state index contributed by atoms with van der Waals surface area (Å²) in [5, 5.41) is 12.5. The highest BCUT2D eigenvalue weighted by Crippen LogP contribution is 2.23. The van der Waals surface area contributed by atoms with Gasteiger partial charge in [-0.3, -0.25) is 9.36 Å². The van der Waals surface area contributed by atoms with Gasteiger partial charge in [-0.2, -0.15) is 0 Å². The molecule has 27 heavy (non-hydrogen) atoms. The summed E-state index contributed by atoms with van der Waals surface area (Å²) < 4.78 is 7.10. The van der Waals surface area contributed by atoms with E-state index in [2.05, 4.69) is 15.5 Å². The number of ether oxygens (including phenoxy) is 1. The number of carbonyl (C=O) groups is 1. The molecule has 1 N–H and O–H groups in total. The summed E-state index contributed by atoms with van der Waals surface area (Å²) in [5.41, 5.74) is 1.87. The largest absolute Gasteiger partial charge is 0.497 e. The molecule has 0 saturated heterocycles. The molecule has 0 fully saturated rings. The third-order valence-corrected chi connectivity index (χ3v) is 5.00. The van der Waals surface area contributed by atoms with Gasteiger partial charge in [0.2, 0.25) is 5.91 Å². The van der Waals surface area contributed by atoms with E-state index in [1.165, 1.54) is 11.8 Å². The Bertz CT molecular complexity index is 928. The molecule has 0 spiro atoms. The molecule has 8 heteroatoms. The number of hydrogen-bond acceptors (Lipinski definition) is 5. The van der Waals surface area contributed by atoms with Crippen molar-refractivity contribution in [2.75, 3.05) is 12.9 Å². The van der Waals surface area contributed by atoms with Gasteiger partial charge in [-0.1, -0.05) is 35.5 Å². The maximum Gasteiger partial charge on any atom is 0.230 e. The van der Waals surface area contributed by atoms with E-state index in [0.29, 0.717) is 16.7 Å². The first kappa shape index (κ1) is 19.3. The van der Waals surface area contributed by atoms with Crippen LogP contribution in [0.5, 0.6) is 5.75 Å². The van der Waals surface area contributed by atoms with Crippen molar-refractivity contribution in [3.63, 3.8) is 0 Å². The molecule has 0 aliphatic carbocycles. The van der Waals surface area contributed by atoms with Crippen molar-refractivity contribution in [1.29, 1.82) is 0 Å². The van der Waals surface area contributed by atoms with Gasteiger partial charge in [0.15, 0.2) is 5.16 Å². The van der Waals surface area contributed by atoms with Gasteiger partial charge in [0, 0.05) is 17.3 Å².